The van der Waals surface area contributed by atoms with Gasteiger partial charge in [-0.25, -0.2) is 4.79 Å². The van der Waals surface area contributed by atoms with Gasteiger partial charge in [0.15, 0.2) is 0 Å². The summed E-state index contributed by atoms with van der Waals surface area (Å²) in [5.74, 6) is 0. The van der Waals surface area contributed by atoms with Crippen LogP contribution in [0.2, 0.25) is 5.02 Å². The van der Waals surface area contributed by atoms with Crippen molar-refractivity contribution in [2.24, 2.45) is 0 Å². The van der Waals surface area contributed by atoms with E-state index < -0.39 is 0 Å². The van der Waals surface area contributed by atoms with Gasteiger partial charge >= 0.3 is 5.63 Å². The summed E-state index contributed by atoms with van der Waals surface area (Å²) >= 11 is 6.37. The van der Waals surface area contributed by atoms with Gasteiger partial charge in [-0.05, 0) is 41.3 Å². The van der Waals surface area contributed by atoms with Gasteiger partial charge in [0.1, 0.15) is 5.58 Å². The van der Waals surface area contributed by atoms with Gasteiger partial charge < -0.3 is 4.42 Å². The van der Waals surface area contributed by atoms with E-state index in [-0.39, 0.29) is 11.7 Å². The van der Waals surface area contributed by atoms with Crippen molar-refractivity contribution in [3.63, 3.8) is 0 Å². The molecule has 0 spiro atoms. The number of benzene rings is 3. The molecule has 0 radical (unpaired) electrons. The summed E-state index contributed by atoms with van der Waals surface area (Å²) in [6, 6.07) is 27.1. The monoisotopic (exact) mass is 458 g/mol. The van der Waals surface area contributed by atoms with Crippen LogP contribution in [0.4, 0.5) is 0 Å². The molecule has 1 saturated heterocycles. The highest BCUT2D eigenvalue weighted by Gasteiger charge is 2.26. The van der Waals surface area contributed by atoms with Crippen molar-refractivity contribution in [3.8, 4) is 0 Å². The minimum absolute atomic E-state index is 0.237. The summed E-state index contributed by atoms with van der Waals surface area (Å²) in [7, 11) is 0. The van der Waals surface area contributed by atoms with E-state index in [1.54, 1.807) is 6.07 Å². The van der Waals surface area contributed by atoms with Gasteiger partial charge in [-0.15, -0.1) is 0 Å². The van der Waals surface area contributed by atoms with Crippen LogP contribution < -0.4 is 5.63 Å². The Kier molecular flexibility index (Phi) is 6.32. The maximum absolute atomic E-state index is 12.2. The molecule has 0 aliphatic carbocycles. The highest BCUT2D eigenvalue weighted by atomic mass is 35.5. The minimum atomic E-state index is -0.314. The average Bonchev–Trinajstić information content (AvgIpc) is 2.83. The fourth-order valence-corrected chi connectivity index (χ4v) is 4.95. The van der Waals surface area contributed by atoms with Crippen LogP contribution in [0.15, 0.2) is 88.1 Å². The lowest BCUT2D eigenvalue weighted by atomic mass is 9.96. The van der Waals surface area contributed by atoms with Gasteiger partial charge in [0.25, 0.3) is 0 Å². The molecule has 1 aliphatic rings. The predicted octanol–water partition coefficient (Wildman–Crippen LogP) is 5.66. The van der Waals surface area contributed by atoms with E-state index in [0.29, 0.717) is 17.2 Å². The molecule has 168 valence electrons. The molecule has 0 saturated carbocycles. The molecule has 2 heterocycles. The summed E-state index contributed by atoms with van der Waals surface area (Å²) in [5, 5.41) is 1.61. The van der Waals surface area contributed by atoms with Crippen molar-refractivity contribution in [1.82, 2.24) is 9.80 Å². The molecule has 33 heavy (non-hydrogen) atoms. The SMILES string of the molecule is Cc1cc2oc(=O)cc(CN3CCN(C(c4ccccc4)c4ccccc4)CC3)c2cc1Cl. The van der Waals surface area contributed by atoms with Crippen molar-refractivity contribution in [2.75, 3.05) is 26.2 Å². The molecule has 0 N–H and O–H groups in total. The summed E-state index contributed by atoms with van der Waals surface area (Å²) in [5.41, 5.74) is 4.80. The standard InChI is InChI=1S/C28H27ClN2O2/c1-20-16-26-24(18-25(20)29)23(17-27(32)33-26)19-30-12-14-31(15-13-30)28(21-8-4-2-5-9-21)22-10-6-3-7-11-22/h2-11,16-18,28H,12-15,19H2,1H3. The molecule has 4 nitrogen and oxygen atoms in total. The predicted molar refractivity (Wildman–Crippen MR) is 134 cm³/mol. The highest BCUT2D eigenvalue weighted by Crippen LogP contribution is 2.30. The van der Waals surface area contributed by atoms with Crippen LogP contribution in [-0.2, 0) is 6.54 Å². The van der Waals surface area contributed by atoms with Crippen molar-refractivity contribution < 1.29 is 4.42 Å². The Bertz CT molecular complexity index is 1260. The van der Waals surface area contributed by atoms with Crippen LogP contribution in [0, 0.1) is 6.92 Å². The van der Waals surface area contributed by atoms with Gasteiger partial charge in [0.05, 0.1) is 6.04 Å². The maximum atomic E-state index is 12.2. The van der Waals surface area contributed by atoms with E-state index in [9.17, 15) is 4.79 Å². The first-order valence-electron chi connectivity index (χ1n) is 11.4. The van der Waals surface area contributed by atoms with E-state index in [0.717, 1.165) is 42.7 Å². The van der Waals surface area contributed by atoms with Crippen LogP contribution in [0.5, 0.6) is 0 Å². The molecule has 1 aliphatic heterocycles. The molecule has 0 unspecified atom stereocenters. The summed E-state index contributed by atoms with van der Waals surface area (Å²) in [4.78, 5) is 17.1. The zero-order chi connectivity index (χ0) is 22.8. The Morgan fingerprint density at radius 1 is 0.879 bits per heavy atom. The van der Waals surface area contributed by atoms with Crippen LogP contribution >= 0.6 is 11.6 Å². The molecule has 4 aromatic rings. The number of piperazine rings is 1. The third kappa shape index (κ3) is 4.74. The number of hydrogen-bond acceptors (Lipinski definition) is 4. The lowest BCUT2D eigenvalue weighted by molar-refractivity contribution is 0.105. The number of nitrogens with zero attached hydrogens (tertiary/aromatic N) is 2. The molecule has 1 fully saturated rings. The quantitative estimate of drug-likeness (QED) is 0.361. The Hall–Kier alpha value is -2.92. The average molecular weight is 459 g/mol. The van der Waals surface area contributed by atoms with Crippen molar-refractivity contribution in [2.45, 2.75) is 19.5 Å². The number of fused-ring (bicyclic) bond motifs is 1. The Morgan fingerprint density at radius 3 is 2.09 bits per heavy atom. The van der Waals surface area contributed by atoms with Crippen LogP contribution in [-0.4, -0.2) is 36.0 Å². The first-order chi connectivity index (χ1) is 16.1. The van der Waals surface area contributed by atoms with E-state index in [1.807, 2.05) is 19.1 Å². The second kappa shape index (κ2) is 9.52. The van der Waals surface area contributed by atoms with Crippen molar-refractivity contribution >= 4 is 22.6 Å². The van der Waals surface area contributed by atoms with Crippen molar-refractivity contribution in [3.05, 3.63) is 117 Å². The number of aryl methyl sites for hydroxylation is 1. The molecule has 0 bridgehead atoms. The van der Waals surface area contributed by atoms with E-state index >= 15 is 0 Å². The molecular formula is C28H27ClN2O2. The fraction of sp³-hybridized carbons (Fsp3) is 0.250. The third-order valence-electron chi connectivity index (χ3n) is 6.51. The zero-order valence-electron chi connectivity index (χ0n) is 18.7. The van der Waals surface area contributed by atoms with Gasteiger partial charge in [-0.2, -0.15) is 0 Å². The Labute approximate surface area is 199 Å². The summed E-state index contributed by atoms with van der Waals surface area (Å²) < 4.78 is 5.43. The molecule has 0 amide bonds. The first-order valence-corrected chi connectivity index (χ1v) is 11.8. The smallest absolute Gasteiger partial charge is 0.336 e. The summed E-state index contributed by atoms with van der Waals surface area (Å²) in [6.07, 6.45) is 0. The van der Waals surface area contributed by atoms with Crippen LogP contribution in [0.25, 0.3) is 11.0 Å². The lowest BCUT2D eigenvalue weighted by Gasteiger charge is -2.40. The lowest BCUT2D eigenvalue weighted by Crippen LogP contribution is -2.47. The van der Waals surface area contributed by atoms with Crippen LogP contribution in [0.3, 0.4) is 0 Å². The van der Waals surface area contributed by atoms with E-state index in [4.69, 9.17) is 16.0 Å². The number of hydrogen-bond donors (Lipinski definition) is 0. The summed E-state index contributed by atoms with van der Waals surface area (Å²) in [6.45, 7) is 6.39. The van der Waals surface area contributed by atoms with E-state index in [1.165, 1.54) is 11.1 Å². The highest BCUT2D eigenvalue weighted by molar-refractivity contribution is 6.32. The Morgan fingerprint density at radius 2 is 1.48 bits per heavy atom. The Balaban J connectivity index is 1.36. The molecule has 0 atom stereocenters. The molecule has 3 aromatic carbocycles. The molecular weight excluding hydrogens is 432 g/mol. The largest absolute Gasteiger partial charge is 0.423 e. The second-order valence-corrected chi connectivity index (χ2v) is 9.13. The first kappa shape index (κ1) is 21.9. The van der Waals surface area contributed by atoms with Gasteiger partial charge in [-0.1, -0.05) is 72.3 Å². The molecule has 1 aromatic heterocycles. The molecule has 5 rings (SSSR count). The topological polar surface area (TPSA) is 36.7 Å². The maximum Gasteiger partial charge on any atom is 0.336 e. The minimum Gasteiger partial charge on any atom is -0.423 e. The van der Waals surface area contributed by atoms with Crippen molar-refractivity contribution in [1.29, 1.82) is 0 Å². The number of halogens is 1. The molecule has 5 heteroatoms. The van der Waals surface area contributed by atoms with Gasteiger partial charge in [0.2, 0.25) is 0 Å². The van der Waals surface area contributed by atoms with Gasteiger partial charge in [-0.3, -0.25) is 9.80 Å². The fourth-order valence-electron chi connectivity index (χ4n) is 4.78. The van der Waals surface area contributed by atoms with E-state index in [2.05, 4.69) is 70.5 Å². The second-order valence-electron chi connectivity index (χ2n) is 8.72. The van der Waals surface area contributed by atoms with Gasteiger partial charge in [0, 0.05) is 49.2 Å². The van der Waals surface area contributed by atoms with Crippen LogP contribution in [0.1, 0.15) is 28.3 Å². The number of rotatable bonds is 5. The third-order valence-corrected chi connectivity index (χ3v) is 6.91. The normalized spacial score (nSPS) is 15.4. The zero-order valence-corrected chi connectivity index (χ0v) is 19.5.